The zero-order valence-corrected chi connectivity index (χ0v) is 16.9. The van der Waals surface area contributed by atoms with Crippen molar-refractivity contribution in [2.75, 3.05) is 0 Å². The van der Waals surface area contributed by atoms with E-state index in [2.05, 4.69) is 66.8 Å². The van der Waals surface area contributed by atoms with E-state index in [1.807, 2.05) is 30.3 Å². The first-order valence-corrected chi connectivity index (χ1v) is 10.2. The summed E-state index contributed by atoms with van der Waals surface area (Å²) in [6, 6.07) is 26.8. The van der Waals surface area contributed by atoms with Crippen LogP contribution in [0.2, 0.25) is 10.0 Å². The van der Waals surface area contributed by atoms with Crippen LogP contribution in [-0.2, 0) is 0 Å². The Bertz CT molecular complexity index is 1040. The van der Waals surface area contributed by atoms with Gasteiger partial charge in [0, 0.05) is 10.0 Å². The average Bonchev–Trinajstić information content (AvgIpc) is 2.75. The molecule has 0 saturated heterocycles. The van der Waals surface area contributed by atoms with Crippen molar-refractivity contribution in [3.05, 3.63) is 129 Å². The zero-order chi connectivity index (χ0) is 19.3. The summed E-state index contributed by atoms with van der Waals surface area (Å²) in [5, 5.41) is 1.48. The second-order valence-corrected chi connectivity index (χ2v) is 7.66. The Labute approximate surface area is 176 Å². The molecule has 0 aromatic heterocycles. The minimum Gasteiger partial charge on any atom is -0.0843 e. The number of rotatable bonds is 4. The Morgan fingerprint density at radius 1 is 0.607 bits per heavy atom. The molecule has 0 aliphatic heterocycles. The Balaban J connectivity index is 2.04. The molecule has 0 spiro atoms. The van der Waals surface area contributed by atoms with E-state index >= 15 is 0 Å². The van der Waals surface area contributed by atoms with E-state index in [0.29, 0.717) is 0 Å². The summed E-state index contributed by atoms with van der Waals surface area (Å²) in [6.45, 7) is 0. The molecular weight excluding hydrogens is 383 g/mol. The molecule has 1 aliphatic rings. The van der Waals surface area contributed by atoms with Crippen molar-refractivity contribution < 1.29 is 0 Å². The molecule has 2 heteroatoms. The van der Waals surface area contributed by atoms with Crippen LogP contribution in [0.15, 0.2) is 103 Å². The van der Waals surface area contributed by atoms with E-state index in [-0.39, 0.29) is 0 Å². The summed E-state index contributed by atoms with van der Waals surface area (Å²) >= 11 is 12.4. The van der Waals surface area contributed by atoms with Gasteiger partial charge in [-0.1, -0.05) is 96.0 Å². The quantitative estimate of drug-likeness (QED) is 0.385. The van der Waals surface area contributed by atoms with Crippen molar-refractivity contribution in [3.8, 4) is 0 Å². The summed E-state index contributed by atoms with van der Waals surface area (Å²) in [5.41, 5.74) is 7.29. The molecule has 28 heavy (non-hydrogen) atoms. The molecule has 0 unspecified atom stereocenters. The van der Waals surface area contributed by atoms with Crippen LogP contribution in [0.1, 0.15) is 29.5 Å². The maximum atomic E-state index is 6.18. The van der Waals surface area contributed by atoms with Crippen LogP contribution in [0.4, 0.5) is 0 Å². The average molecular weight is 403 g/mol. The Morgan fingerprint density at radius 2 is 1.14 bits per heavy atom. The van der Waals surface area contributed by atoms with Crippen LogP contribution in [0, 0.1) is 0 Å². The van der Waals surface area contributed by atoms with Gasteiger partial charge < -0.3 is 0 Å². The van der Waals surface area contributed by atoms with Crippen LogP contribution in [0.3, 0.4) is 0 Å². The summed E-state index contributed by atoms with van der Waals surface area (Å²) < 4.78 is 0. The highest BCUT2D eigenvalue weighted by atomic mass is 35.5. The number of hydrogen-bond acceptors (Lipinski definition) is 0. The van der Waals surface area contributed by atoms with E-state index < -0.39 is 0 Å². The molecule has 0 radical (unpaired) electrons. The summed E-state index contributed by atoms with van der Waals surface area (Å²) in [7, 11) is 0. The lowest BCUT2D eigenvalue weighted by atomic mass is 9.83. The molecule has 0 nitrogen and oxygen atoms in total. The zero-order valence-electron chi connectivity index (χ0n) is 15.4. The molecule has 3 aromatic rings. The van der Waals surface area contributed by atoms with Gasteiger partial charge in [-0.2, -0.15) is 0 Å². The van der Waals surface area contributed by atoms with Gasteiger partial charge >= 0.3 is 0 Å². The van der Waals surface area contributed by atoms with Crippen LogP contribution >= 0.6 is 23.2 Å². The minimum absolute atomic E-state index is 0.740. The molecule has 3 aromatic carbocycles. The van der Waals surface area contributed by atoms with Gasteiger partial charge in [0.2, 0.25) is 0 Å². The molecule has 4 rings (SSSR count). The van der Waals surface area contributed by atoms with Crippen molar-refractivity contribution in [2.24, 2.45) is 0 Å². The topological polar surface area (TPSA) is 0 Å². The van der Waals surface area contributed by atoms with Crippen LogP contribution in [0.25, 0.3) is 11.1 Å². The van der Waals surface area contributed by atoms with Crippen LogP contribution in [0.5, 0.6) is 0 Å². The Morgan fingerprint density at radius 3 is 1.68 bits per heavy atom. The number of halogens is 2. The highest BCUT2D eigenvalue weighted by Crippen LogP contribution is 2.39. The van der Waals surface area contributed by atoms with Crippen molar-refractivity contribution in [2.45, 2.75) is 12.8 Å². The molecule has 0 heterocycles. The Hall–Kier alpha value is -2.54. The second-order valence-electron chi connectivity index (χ2n) is 6.79. The van der Waals surface area contributed by atoms with Gasteiger partial charge in [-0.15, -0.1) is 0 Å². The maximum Gasteiger partial charge on any atom is 0.0406 e. The molecule has 138 valence electrons. The molecule has 1 aliphatic carbocycles. The first-order chi connectivity index (χ1) is 13.7. The largest absolute Gasteiger partial charge is 0.0843 e. The lowest BCUT2D eigenvalue weighted by Gasteiger charge is -2.21. The summed E-state index contributed by atoms with van der Waals surface area (Å²) in [5.74, 6) is 0. The number of allylic oxidation sites excluding steroid dienone is 5. The van der Waals surface area contributed by atoms with Crippen LogP contribution in [-0.4, -0.2) is 0 Å². The first kappa shape index (κ1) is 18.8. The number of benzene rings is 3. The van der Waals surface area contributed by atoms with E-state index in [4.69, 9.17) is 23.2 Å². The summed E-state index contributed by atoms with van der Waals surface area (Å²) in [4.78, 5) is 0. The monoisotopic (exact) mass is 402 g/mol. The predicted molar refractivity (Wildman–Crippen MR) is 122 cm³/mol. The Kier molecular flexibility index (Phi) is 5.81. The first-order valence-electron chi connectivity index (χ1n) is 9.40. The fraction of sp³-hybridized carbons (Fsp3) is 0.0769. The lowest BCUT2D eigenvalue weighted by Crippen LogP contribution is -2.00. The molecule has 0 fully saturated rings. The van der Waals surface area contributed by atoms with Gasteiger partial charge in [-0.3, -0.25) is 0 Å². The lowest BCUT2D eigenvalue weighted by molar-refractivity contribution is 0.996. The van der Waals surface area contributed by atoms with Gasteiger partial charge in [0.25, 0.3) is 0 Å². The van der Waals surface area contributed by atoms with E-state index in [0.717, 1.165) is 28.5 Å². The van der Waals surface area contributed by atoms with Gasteiger partial charge in [-0.25, -0.2) is 0 Å². The molecule has 0 N–H and O–H groups in total. The molecule has 0 saturated carbocycles. The minimum atomic E-state index is 0.740. The third-order valence-corrected chi connectivity index (χ3v) is 5.42. The third-order valence-electron chi connectivity index (χ3n) is 4.91. The third kappa shape index (κ3) is 4.14. The van der Waals surface area contributed by atoms with Crippen molar-refractivity contribution >= 4 is 34.3 Å². The fourth-order valence-corrected chi connectivity index (χ4v) is 3.85. The van der Waals surface area contributed by atoms with Crippen LogP contribution < -0.4 is 0 Å². The second kappa shape index (κ2) is 8.65. The molecular formula is C26H20Cl2. The predicted octanol–water partition coefficient (Wildman–Crippen LogP) is 8.23. The fourth-order valence-electron chi connectivity index (χ4n) is 3.59. The standard InChI is InChI=1S/C26H20Cl2/c27-23-15-11-21(12-16-23)25(19-7-3-1-4-8-19)26(20-9-5-2-6-10-20)22-13-17-24(28)18-14-22/h1-5,7-9,11-18H,6,10H2/b26-25-. The van der Waals surface area contributed by atoms with Gasteiger partial charge in [0.1, 0.15) is 0 Å². The van der Waals surface area contributed by atoms with Gasteiger partial charge in [-0.05, 0) is 70.5 Å². The van der Waals surface area contributed by atoms with Gasteiger partial charge in [0.05, 0.1) is 0 Å². The van der Waals surface area contributed by atoms with E-state index in [1.165, 1.54) is 27.8 Å². The highest BCUT2D eigenvalue weighted by molar-refractivity contribution is 6.31. The molecule has 0 amide bonds. The summed E-state index contributed by atoms with van der Waals surface area (Å²) in [6.07, 6.45) is 8.66. The van der Waals surface area contributed by atoms with Crippen molar-refractivity contribution in [1.82, 2.24) is 0 Å². The SMILES string of the molecule is Clc1ccc(/C(C2=CC=CCC2)=C(/c2ccccc2)c2ccc(Cl)cc2)cc1. The smallest absolute Gasteiger partial charge is 0.0406 e. The van der Waals surface area contributed by atoms with Gasteiger partial charge in [0.15, 0.2) is 0 Å². The van der Waals surface area contributed by atoms with Crippen molar-refractivity contribution in [1.29, 1.82) is 0 Å². The van der Waals surface area contributed by atoms with Crippen molar-refractivity contribution in [3.63, 3.8) is 0 Å². The molecule has 0 atom stereocenters. The highest BCUT2D eigenvalue weighted by Gasteiger charge is 2.18. The maximum absolute atomic E-state index is 6.18. The van der Waals surface area contributed by atoms with E-state index in [1.54, 1.807) is 0 Å². The van der Waals surface area contributed by atoms with E-state index in [9.17, 15) is 0 Å². The number of hydrogen-bond donors (Lipinski definition) is 0. The molecule has 0 bridgehead atoms. The normalized spacial score (nSPS) is 14.4.